The Hall–Kier alpha value is -2.10. The average Bonchev–Trinajstić information content (AvgIpc) is 2.75. The van der Waals surface area contributed by atoms with E-state index in [1.807, 2.05) is 24.3 Å². The van der Waals surface area contributed by atoms with Crippen LogP contribution in [-0.2, 0) is 0 Å². The second-order valence-corrected chi connectivity index (χ2v) is 9.84. The van der Waals surface area contributed by atoms with Gasteiger partial charge in [0.05, 0.1) is 0 Å². The molecule has 0 bridgehead atoms. The van der Waals surface area contributed by atoms with Crippen LogP contribution < -0.4 is 4.90 Å². The van der Waals surface area contributed by atoms with E-state index in [0.717, 1.165) is 56.0 Å². The largest absolute Gasteiger partial charge is 0.369 e. The number of rotatable bonds is 5. The molecule has 0 radical (unpaired) electrons. The third-order valence-electron chi connectivity index (χ3n) is 6.54. The molecule has 2 aromatic rings. The predicted octanol–water partition coefficient (Wildman–Crippen LogP) is 5.94. The fourth-order valence-corrected chi connectivity index (χ4v) is 4.89. The van der Waals surface area contributed by atoms with Gasteiger partial charge in [0.2, 0.25) is 0 Å². The molecule has 0 saturated carbocycles. The Labute approximate surface area is 185 Å². The fraction of sp³-hybridized carbons (Fsp3) is 0.423. The highest BCUT2D eigenvalue weighted by atomic mass is 35.5. The Kier molecular flexibility index (Phi) is 6.31. The number of carbonyl (C=O) groups is 1. The summed E-state index contributed by atoms with van der Waals surface area (Å²) in [6, 6.07) is 16.3. The van der Waals surface area contributed by atoms with Crippen LogP contribution in [0.2, 0.25) is 5.02 Å². The van der Waals surface area contributed by atoms with Gasteiger partial charge in [0.1, 0.15) is 6.29 Å². The smallest absolute Gasteiger partial charge is 0.150 e. The molecule has 158 valence electrons. The van der Waals surface area contributed by atoms with Crippen molar-refractivity contribution in [3.63, 3.8) is 0 Å². The fourth-order valence-electron chi connectivity index (χ4n) is 4.76. The minimum atomic E-state index is 0.368. The Morgan fingerprint density at radius 2 is 1.63 bits per heavy atom. The van der Waals surface area contributed by atoms with Crippen LogP contribution in [0.4, 0.5) is 5.69 Å². The van der Waals surface area contributed by atoms with Crippen LogP contribution in [0.25, 0.3) is 5.57 Å². The zero-order valence-corrected chi connectivity index (χ0v) is 18.8. The van der Waals surface area contributed by atoms with Gasteiger partial charge in [-0.25, -0.2) is 0 Å². The monoisotopic (exact) mass is 422 g/mol. The van der Waals surface area contributed by atoms with E-state index in [1.165, 1.54) is 29.7 Å². The average molecular weight is 423 g/mol. The van der Waals surface area contributed by atoms with Gasteiger partial charge < -0.3 is 4.90 Å². The summed E-state index contributed by atoms with van der Waals surface area (Å²) in [5.41, 5.74) is 6.76. The van der Waals surface area contributed by atoms with Gasteiger partial charge in [0, 0.05) is 49.0 Å². The maximum atomic E-state index is 10.9. The minimum absolute atomic E-state index is 0.368. The van der Waals surface area contributed by atoms with Crippen molar-refractivity contribution in [1.29, 1.82) is 0 Å². The van der Waals surface area contributed by atoms with Crippen LogP contribution in [0, 0.1) is 5.41 Å². The number of nitrogens with zero attached hydrogens (tertiary/aromatic N) is 2. The zero-order valence-electron chi connectivity index (χ0n) is 18.0. The first-order valence-electron chi connectivity index (χ1n) is 10.9. The van der Waals surface area contributed by atoms with E-state index in [9.17, 15) is 4.79 Å². The van der Waals surface area contributed by atoms with Crippen LogP contribution in [0.5, 0.6) is 0 Å². The normalized spacial score (nSPS) is 19.8. The summed E-state index contributed by atoms with van der Waals surface area (Å²) in [6.45, 7) is 10.0. The molecule has 0 spiro atoms. The number of aldehydes is 1. The Bertz CT molecular complexity index is 907. The molecule has 4 heteroatoms. The standard InChI is InChI=1S/C26H31ClN2O/c1-26(2)12-11-25(21-5-7-23(27)8-6-21)22(17-26)18-28-13-15-29(16-14-28)24-9-3-20(19-30)4-10-24/h3-10,19H,11-18H2,1-2H3. The van der Waals surface area contributed by atoms with Gasteiger partial charge in [0.15, 0.2) is 0 Å². The van der Waals surface area contributed by atoms with Crippen molar-refractivity contribution >= 4 is 29.1 Å². The van der Waals surface area contributed by atoms with E-state index in [-0.39, 0.29) is 0 Å². The molecule has 0 unspecified atom stereocenters. The Morgan fingerprint density at radius 3 is 2.27 bits per heavy atom. The van der Waals surface area contributed by atoms with Gasteiger partial charge in [0.25, 0.3) is 0 Å². The Balaban J connectivity index is 1.46. The summed E-state index contributed by atoms with van der Waals surface area (Å²) in [5.74, 6) is 0. The number of hydrogen-bond acceptors (Lipinski definition) is 3. The quantitative estimate of drug-likeness (QED) is 0.557. The minimum Gasteiger partial charge on any atom is -0.369 e. The van der Waals surface area contributed by atoms with E-state index in [4.69, 9.17) is 11.6 Å². The molecule has 1 fully saturated rings. The van der Waals surface area contributed by atoms with Gasteiger partial charge in [-0.05, 0) is 72.2 Å². The third kappa shape index (κ3) is 4.96. The third-order valence-corrected chi connectivity index (χ3v) is 6.80. The lowest BCUT2D eigenvalue weighted by Crippen LogP contribution is -2.47. The molecule has 30 heavy (non-hydrogen) atoms. The number of piperazine rings is 1. The molecule has 4 rings (SSSR count). The molecule has 1 heterocycles. The van der Waals surface area contributed by atoms with Crippen LogP contribution in [0.3, 0.4) is 0 Å². The molecule has 3 nitrogen and oxygen atoms in total. The summed E-state index contributed by atoms with van der Waals surface area (Å²) in [6.07, 6.45) is 4.45. The van der Waals surface area contributed by atoms with Gasteiger partial charge in [-0.3, -0.25) is 9.69 Å². The number of allylic oxidation sites excluding steroid dienone is 1. The number of carbonyl (C=O) groups excluding carboxylic acids is 1. The summed E-state index contributed by atoms with van der Waals surface area (Å²) in [4.78, 5) is 15.9. The lowest BCUT2D eigenvalue weighted by molar-refractivity contribution is 0.112. The van der Waals surface area contributed by atoms with Crippen LogP contribution >= 0.6 is 11.6 Å². The van der Waals surface area contributed by atoms with Gasteiger partial charge in [-0.1, -0.05) is 43.2 Å². The van der Waals surface area contributed by atoms with E-state index >= 15 is 0 Å². The molecule has 0 aromatic heterocycles. The van der Waals surface area contributed by atoms with E-state index in [1.54, 1.807) is 5.57 Å². The van der Waals surface area contributed by atoms with Crippen molar-refractivity contribution in [3.05, 3.63) is 70.3 Å². The van der Waals surface area contributed by atoms with Crippen molar-refractivity contribution in [3.8, 4) is 0 Å². The maximum Gasteiger partial charge on any atom is 0.150 e. The van der Waals surface area contributed by atoms with E-state index < -0.39 is 0 Å². The second-order valence-electron chi connectivity index (χ2n) is 9.40. The van der Waals surface area contributed by atoms with Crippen molar-refractivity contribution in [2.45, 2.75) is 33.1 Å². The molecule has 2 aliphatic rings. The SMILES string of the molecule is CC1(C)CCC(c2ccc(Cl)cc2)=C(CN2CCN(c3ccc(C=O)cc3)CC2)C1. The zero-order chi connectivity index (χ0) is 21.1. The topological polar surface area (TPSA) is 23.6 Å². The molecule has 1 aliphatic heterocycles. The maximum absolute atomic E-state index is 10.9. The molecule has 2 aromatic carbocycles. The molecule has 1 saturated heterocycles. The predicted molar refractivity (Wildman–Crippen MR) is 126 cm³/mol. The number of anilines is 1. The highest BCUT2D eigenvalue weighted by Crippen LogP contribution is 2.42. The summed E-state index contributed by atoms with van der Waals surface area (Å²) in [7, 11) is 0. The van der Waals surface area contributed by atoms with E-state index in [0.29, 0.717) is 5.41 Å². The highest BCUT2D eigenvalue weighted by Gasteiger charge is 2.29. The van der Waals surface area contributed by atoms with Gasteiger partial charge >= 0.3 is 0 Å². The summed E-state index contributed by atoms with van der Waals surface area (Å²) in [5, 5.41) is 0.800. The number of benzene rings is 2. The first-order chi connectivity index (χ1) is 14.4. The van der Waals surface area contributed by atoms with E-state index in [2.05, 4.69) is 47.9 Å². The van der Waals surface area contributed by atoms with Crippen LogP contribution in [-0.4, -0.2) is 43.9 Å². The second kappa shape index (κ2) is 8.95. The van der Waals surface area contributed by atoms with Crippen LogP contribution in [0.15, 0.2) is 54.1 Å². The number of halogens is 1. The first kappa shape index (κ1) is 21.1. The molecule has 1 aliphatic carbocycles. The first-order valence-corrected chi connectivity index (χ1v) is 11.3. The molecule has 0 N–H and O–H groups in total. The lowest BCUT2D eigenvalue weighted by Gasteiger charge is -2.39. The summed E-state index contributed by atoms with van der Waals surface area (Å²) < 4.78 is 0. The highest BCUT2D eigenvalue weighted by molar-refractivity contribution is 6.30. The number of hydrogen-bond donors (Lipinski definition) is 0. The van der Waals surface area contributed by atoms with Crippen molar-refractivity contribution in [1.82, 2.24) is 4.90 Å². The van der Waals surface area contributed by atoms with Gasteiger partial charge in [-0.15, -0.1) is 0 Å². The van der Waals surface area contributed by atoms with Crippen molar-refractivity contribution in [2.24, 2.45) is 5.41 Å². The van der Waals surface area contributed by atoms with Crippen molar-refractivity contribution < 1.29 is 4.79 Å². The van der Waals surface area contributed by atoms with Crippen LogP contribution in [0.1, 0.15) is 49.0 Å². The molecule has 0 atom stereocenters. The molecular formula is C26H31ClN2O. The molecular weight excluding hydrogens is 392 g/mol. The molecule has 0 amide bonds. The van der Waals surface area contributed by atoms with Crippen molar-refractivity contribution in [2.75, 3.05) is 37.6 Å². The Morgan fingerprint density at radius 1 is 0.967 bits per heavy atom. The van der Waals surface area contributed by atoms with Gasteiger partial charge in [-0.2, -0.15) is 0 Å². The lowest BCUT2D eigenvalue weighted by atomic mass is 9.73. The summed E-state index contributed by atoms with van der Waals surface area (Å²) >= 11 is 6.12.